The van der Waals surface area contributed by atoms with Gasteiger partial charge in [-0.1, -0.05) is 0 Å². The maximum atomic E-state index is 14.4. The quantitative estimate of drug-likeness (QED) is 0.490. The highest BCUT2D eigenvalue weighted by Crippen LogP contribution is 2.32. The molecule has 4 heterocycles. The summed E-state index contributed by atoms with van der Waals surface area (Å²) in [6.45, 7) is -0.108. The number of aromatic nitrogens is 4. The van der Waals surface area contributed by atoms with E-state index in [1.54, 1.807) is 0 Å². The summed E-state index contributed by atoms with van der Waals surface area (Å²) in [5.74, 6) is 0.141. The molecule has 0 radical (unpaired) electrons. The Balaban J connectivity index is 1.30. The number of aliphatic hydroxyl groups is 1. The van der Waals surface area contributed by atoms with E-state index in [1.165, 1.54) is 29.1 Å². The number of aliphatic hydroxyl groups excluding tert-OH is 1. The summed E-state index contributed by atoms with van der Waals surface area (Å²) in [6, 6.07) is 2.86. The van der Waals surface area contributed by atoms with Crippen LogP contribution in [0.3, 0.4) is 0 Å². The summed E-state index contributed by atoms with van der Waals surface area (Å²) >= 11 is 0. The highest BCUT2D eigenvalue weighted by atomic mass is 19.1. The fourth-order valence-electron chi connectivity index (χ4n) is 3.69. The van der Waals surface area contributed by atoms with Crippen LogP contribution in [-0.4, -0.2) is 55.5 Å². The number of halogens is 1. The molecule has 0 aromatic carbocycles. The summed E-state index contributed by atoms with van der Waals surface area (Å²) in [5, 5.41) is 10.3. The number of hydrogen-bond acceptors (Lipinski definition) is 10. The molecule has 0 amide bonds. The van der Waals surface area contributed by atoms with Crippen molar-refractivity contribution < 1.29 is 23.7 Å². The molecule has 2 fully saturated rings. The van der Waals surface area contributed by atoms with Gasteiger partial charge in [0.1, 0.15) is 30.1 Å². The lowest BCUT2D eigenvalue weighted by Crippen LogP contribution is -2.33. The van der Waals surface area contributed by atoms with Gasteiger partial charge in [0.05, 0.1) is 12.7 Å². The number of hydrogen-bond donors (Lipinski definition) is 3. The molecule has 1 unspecified atom stereocenters. The average molecular weight is 438 g/mol. The van der Waals surface area contributed by atoms with Crippen LogP contribution in [0.2, 0.25) is 0 Å². The molecule has 0 saturated carbocycles. The predicted octanol–water partition coefficient (Wildman–Crippen LogP) is -0.697. The topological polar surface area (TPSA) is 170 Å². The van der Waals surface area contributed by atoms with Gasteiger partial charge < -0.3 is 30.8 Å². The van der Waals surface area contributed by atoms with E-state index < -0.39 is 48.5 Å². The third-order valence-electron chi connectivity index (χ3n) is 5.22. The van der Waals surface area contributed by atoms with E-state index >= 15 is 0 Å². The average Bonchev–Trinajstić information content (AvgIpc) is 3.33. The maximum absolute atomic E-state index is 14.4. The van der Waals surface area contributed by atoms with Crippen molar-refractivity contribution in [2.24, 2.45) is 0 Å². The van der Waals surface area contributed by atoms with Crippen LogP contribution >= 0.6 is 0 Å². The minimum absolute atomic E-state index is 0.0190. The standard InChI is InChI=1S/C18H23FN6O6/c19-10-7-9(30-15(10)25-6-4-13(21)23-18(25)28)8-29-16(26)11-1-2-14(31-11)24-5-3-12(20)22-17(24)27/h3-6,9-11,14-16,26H,1-2,7-8H2,(H2,20,22,27)(H2,21,23,28)/t9-,10+,11-,14+,15+,16?/m0/s1. The first-order valence-electron chi connectivity index (χ1n) is 9.76. The molecule has 2 aliphatic heterocycles. The monoisotopic (exact) mass is 438 g/mol. The lowest BCUT2D eigenvalue weighted by molar-refractivity contribution is -0.195. The zero-order chi connectivity index (χ0) is 22.1. The van der Waals surface area contributed by atoms with E-state index in [4.69, 9.17) is 25.7 Å². The SMILES string of the molecule is Nc1ccn([C@@H]2O[C@H](COC(O)[C@@H]3CC[C@H](n4ccc(N)nc4=O)O3)C[C@H]2F)c(=O)n1. The number of rotatable bonds is 6. The lowest BCUT2D eigenvalue weighted by Gasteiger charge is -2.22. The van der Waals surface area contributed by atoms with E-state index in [0.717, 1.165) is 4.57 Å². The van der Waals surface area contributed by atoms with Crippen molar-refractivity contribution >= 4 is 11.6 Å². The zero-order valence-electron chi connectivity index (χ0n) is 16.4. The van der Waals surface area contributed by atoms with E-state index in [2.05, 4.69) is 9.97 Å². The second kappa shape index (κ2) is 8.70. The number of nitrogens with two attached hydrogens (primary N) is 2. The molecule has 2 saturated heterocycles. The van der Waals surface area contributed by atoms with Crippen LogP contribution in [0.15, 0.2) is 34.1 Å². The van der Waals surface area contributed by atoms with Crippen molar-refractivity contribution in [1.29, 1.82) is 0 Å². The summed E-state index contributed by atoms with van der Waals surface area (Å²) in [6.07, 6.45) is -2.18. The third kappa shape index (κ3) is 4.58. The molecule has 2 aliphatic rings. The molecule has 0 aliphatic carbocycles. The van der Waals surface area contributed by atoms with Gasteiger partial charge in [-0.3, -0.25) is 9.13 Å². The first-order chi connectivity index (χ1) is 14.8. The van der Waals surface area contributed by atoms with Crippen molar-refractivity contribution in [3.05, 3.63) is 45.5 Å². The number of nitrogen functional groups attached to an aromatic ring is 2. The Morgan fingerprint density at radius 1 is 1.13 bits per heavy atom. The summed E-state index contributed by atoms with van der Waals surface area (Å²) in [4.78, 5) is 31.1. The van der Waals surface area contributed by atoms with Crippen molar-refractivity contribution in [2.75, 3.05) is 18.1 Å². The number of anilines is 2. The number of nitrogens with zero attached hydrogens (tertiary/aromatic N) is 4. The third-order valence-corrected chi connectivity index (χ3v) is 5.22. The van der Waals surface area contributed by atoms with Gasteiger partial charge in [-0.15, -0.1) is 0 Å². The Morgan fingerprint density at radius 3 is 2.42 bits per heavy atom. The van der Waals surface area contributed by atoms with Crippen molar-refractivity contribution in [3.8, 4) is 0 Å². The van der Waals surface area contributed by atoms with Crippen LogP contribution in [0.4, 0.5) is 16.0 Å². The smallest absolute Gasteiger partial charge is 0.351 e. The molecular weight excluding hydrogens is 415 g/mol. The van der Waals surface area contributed by atoms with Crippen LogP contribution in [0.1, 0.15) is 31.7 Å². The normalized spacial score (nSPS) is 29.3. The molecular formula is C18H23FN6O6. The van der Waals surface area contributed by atoms with Crippen LogP contribution in [0.25, 0.3) is 0 Å². The van der Waals surface area contributed by atoms with E-state index in [1.807, 2.05) is 0 Å². The first-order valence-corrected chi connectivity index (χ1v) is 9.76. The van der Waals surface area contributed by atoms with Gasteiger partial charge in [0.25, 0.3) is 0 Å². The molecule has 0 bridgehead atoms. The molecule has 6 atom stereocenters. The van der Waals surface area contributed by atoms with Gasteiger partial charge in [-0.25, -0.2) is 14.0 Å². The summed E-state index contributed by atoms with van der Waals surface area (Å²) in [7, 11) is 0. The first kappa shape index (κ1) is 21.4. The van der Waals surface area contributed by atoms with E-state index in [0.29, 0.717) is 12.8 Å². The molecule has 13 heteroatoms. The minimum Gasteiger partial charge on any atom is -0.383 e. The highest BCUT2D eigenvalue weighted by Gasteiger charge is 2.39. The van der Waals surface area contributed by atoms with Crippen molar-refractivity contribution in [2.45, 2.75) is 56.4 Å². The fraction of sp³-hybridized carbons (Fsp3) is 0.556. The fourth-order valence-corrected chi connectivity index (χ4v) is 3.69. The zero-order valence-corrected chi connectivity index (χ0v) is 16.4. The Kier molecular flexibility index (Phi) is 6.00. The van der Waals surface area contributed by atoms with Gasteiger partial charge in [-0.05, 0) is 25.0 Å². The van der Waals surface area contributed by atoms with Crippen LogP contribution in [0, 0.1) is 0 Å². The Bertz CT molecular complexity index is 1050. The number of alkyl halides is 1. The Labute approximate surface area is 175 Å². The van der Waals surface area contributed by atoms with E-state index in [9.17, 15) is 19.1 Å². The molecule has 2 aromatic rings. The largest absolute Gasteiger partial charge is 0.383 e. The Morgan fingerprint density at radius 2 is 1.77 bits per heavy atom. The van der Waals surface area contributed by atoms with Gasteiger partial charge in [-0.2, -0.15) is 9.97 Å². The van der Waals surface area contributed by atoms with Gasteiger partial charge in [0.15, 0.2) is 12.5 Å². The van der Waals surface area contributed by atoms with E-state index in [-0.39, 0.29) is 24.7 Å². The molecule has 5 N–H and O–H groups in total. The molecule has 2 aromatic heterocycles. The second-order valence-corrected chi connectivity index (χ2v) is 7.42. The van der Waals surface area contributed by atoms with Crippen LogP contribution in [0.5, 0.6) is 0 Å². The molecule has 4 rings (SSSR count). The van der Waals surface area contributed by atoms with Gasteiger partial charge >= 0.3 is 11.4 Å². The number of ether oxygens (including phenoxy) is 3. The van der Waals surface area contributed by atoms with Crippen LogP contribution in [-0.2, 0) is 14.2 Å². The van der Waals surface area contributed by atoms with Gasteiger partial charge in [0.2, 0.25) is 0 Å². The molecule has 168 valence electrons. The Hall–Kier alpha value is -2.87. The van der Waals surface area contributed by atoms with Crippen molar-refractivity contribution in [1.82, 2.24) is 19.1 Å². The lowest BCUT2D eigenvalue weighted by atomic mass is 10.2. The van der Waals surface area contributed by atoms with Gasteiger partial charge in [0, 0.05) is 18.8 Å². The maximum Gasteiger partial charge on any atom is 0.351 e. The summed E-state index contributed by atoms with van der Waals surface area (Å²) < 4.78 is 33.4. The molecule has 12 nitrogen and oxygen atoms in total. The highest BCUT2D eigenvalue weighted by molar-refractivity contribution is 5.24. The predicted molar refractivity (Wildman–Crippen MR) is 104 cm³/mol. The molecule has 0 spiro atoms. The minimum atomic E-state index is -1.45. The molecule has 31 heavy (non-hydrogen) atoms. The summed E-state index contributed by atoms with van der Waals surface area (Å²) in [5.41, 5.74) is 9.66. The second-order valence-electron chi connectivity index (χ2n) is 7.42. The van der Waals surface area contributed by atoms with Crippen LogP contribution < -0.4 is 22.8 Å². The van der Waals surface area contributed by atoms with Crippen molar-refractivity contribution in [3.63, 3.8) is 0 Å².